The Bertz CT molecular complexity index is 656. The van der Waals surface area contributed by atoms with E-state index in [0.717, 1.165) is 5.56 Å². The van der Waals surface area contributed by atoms with Crippen LogP contribution in [0.15, 0.2) is 42.7 Å². The van der Waals surface area contributed by atoms with E-state index in [1.54, 1.807) is 43.6 Å². The van der Waals surface area contributed by atoms with Gasteiger partial charge >= 0.3 is 12.0 Å². The molecule has 0 bridgehead atoms. The number of hydrogen-bond donors (Lipinski definition) is 3. The first-order chi connectivity index (χ1) is 10.1. The molecule has 0 spiro atoms. The highest BCUT2D eigenvalue weighted by Crippen LogP contribution is 2.18. The van der Waals surface area contributed by atoms with E-state index in [1.807, 2.05) is 0 Å². The number of amides is 2. The third-order valence-electron chi connectivity index (χ3n) is 3.01. The molecule has 0 aliphatic carbocycles. The summed E-state index contributed by atoms with van der Waals surface area (Å²) in [5, 5.41) is 14.4. The molecule has 0 unspecified atom stereocenters. The summed E-state index contributed by atoms with van der Waals surface area (Å²) in [6.07, 6.45) is 3.30. The molecule has 3 N–H and O–H groups in total. The molecular formula is C15H15N3O3. The van der Waals surface area contributed by atoms with Crippen LogP contribution >= 0.6 is 0 Å². The molecule has 1 heterocycles. The highest BCUT2D eigenvalue weighted by Gasteiger charge is 2.11. The number of nitrogens with one attached hydrogen (secondary N) is 2. The van der Waals surface area contributed by atoms with E-state index < -0.39 is 12.0 Å². The van der Waals surface area contributed by atoms with Gasteiger partial charge in [0.2, 0.25) is 0 Å². The zero-order valence-electron chi connectivity index (χ0n) is 11.5. The van der Waals surface area contributed by atoms with Gasteiger partial charge in [-0.1, -0.05) is 6.07 Å². The lowest BCUT2D eigenvalue weighted by molar-refractivity contribution is 0.0696. The standard InChI is InChI=1S/C15H15N3O3/c1-10-12(14(19)20)3-2-4-13(10)18-15(21)17-9-11-5-7-16-8-6-11/h2-8H,9H2,1H3,(H,19,20)(H2,17,18,21). The van der Waals surface area contributed by atoms with Crippen molar-refractivity contribution in [3.8, 4) is 0 Å². The molecule has 0 radical (unpaired) electrons. The number of carbonyl (C=O) groups excluding carboxylic acids is 1. The predicted molar refractivity (Wildman–Crippen MR) is 78.2 cm³/mol. The summed E-state index contributed by atoms with van der Waals surface area (Å²) < 4.78 is 0. The van der Waals surface area contributed by atoms with Crippen molar-refractivity contribution in [2.24, 2.45) is 0 Å². The summed E-state index contributed by atoms with van der Waals surface area (Å²) in [5.74, 6) is -1.02. The Morgan fingerprint density at radius 3 is 2.57 bits per heavy atom. The molecule has 2 rings (SSSR count). The van der Waals surface area contributed by atoms with Gasteiger partial charge in [-0.2, -0.15) is 0 Å². The summed E-state index contributed by atoms with van der Waals surface area (Å²) in [7, 11) is 0. The molecule has 0 atom stereocenters. The molecule has 21 heavy (non-hydrogen) atoms. The minimum Gasteiger partial charge on any atom is -0.478 e. The van der Waals surface area contributed by atoms with Crippen LogP contribution in [-0.4, -0.2) is 22.1 Å². The maximum Gasteiger partial charge on any atom is 0.336 e. The van der Waals surface area contributed by atoms with Crippen molar-refractivity contribution in [1.29, 1.82) is 0 Å². The molecule has 0 aliphatic heterocycles. The van der Waals surface area contributed by atoms with Gasteiger partial charge in [0, 0.05) is 24.6 Å². The molecule has 6 heteroatoms. The molecule has 0 saturated carbocycles. The van der Waals surface area contributed by atoms with Crippen LogP contribution in [0.3, 0.4) is 0 Å². The van der Waals surface area contributed by atoms with Gasteiger partial charge < -0.3 is 15.7 Å². The maximum absolute atomic E-state index is 11.8. The number of carbonyl (C=O) groups is 2. The number of rotatable bonds is 4. The fourth-order valence-corrected chi connectivity index (χ4v) is 1.85. The zero-order chi connectivity index (χ0) is 15.2. The first-order valence-corrected chi connectivity index (χ1v) is 6.34. The second-order valence-corrected chi connectivity index (χ2v) is 4.45. The highest BCUT2D eigenvalue weighted by atomic mass is 16.4. The lowest BCUT2D eigenvalue weighted by atomic mass is 10.1. The molecule has 0 saturated heterocycles. The van der Waals surface area contributed by atoms with Crippen LogP contribution in [0.4, 0.5) is 10.5 Å². The molecule has 2 amide bonds. The summed E-state index contributed by atoms with van der Waals surface area (Å²) in [4.78, 5) is 26.8. The van der Waals surface area contributed by atoms with Crippen LogP contribution in [0.5, 0.6) is 0 Å². The van der Waals surface area contributed by atoms with E-state index in [-0.39, 0.29) is 5.56 Å². The van der Waals surface area contributed by atoms with Gasteiger partial charge in [-0.05, 0) is 42.3 Å². The van der Waals surface area contributed by atoms with E-state index in [9.17, 15) is 9.59 Å². The summed E-state index contributed by atoms with van der Waals surface area (Å²) in [5.41, 5.74) is 2.09. The smallest absolute Gasteiger partial charge is 0.336 e. The highest BCUT2D eigenvalue weighted by molar-refractivity contribution is 5.95. The lowest BCUT2D eigenvalue weighted by Crippen LogP contribution is -2.28. The van der Waals surface area contributed by atoms with Crippen molar-refractivity contribution in [1.82, 2.24) is 10.3 Å². The van der Waals surface area contributed by atoms with E-state index in [2.05, 4.69) is 15.6 Å². The SMILES string of the molecule is Cc1c(NC(=O)NCc2ccncc2)cccc1C(=O)O. The number of nitrogens with zero attached hydrogens (tertiary/aromatic N) is 1. The first kappa shape index (κ1) is 14.5. The van der Waals surface area contributed by atoms with Gasteiger partial charge in [0.05, 0.1) is 5.56 Å². The Morgan fingerprint density at radius 2 is 1.90 bits per heavy atom. The van der Waals surface area contributed by atoms with E-state index >= 15 is 0 Å². The van der Waals surface area contributed by atoms with Crippen molar-refractivity contribution in [2.75, 3.05) is 5.32 Å². The number of benzene rings is 1. The largest absolute Gasteiger partial charge is 0.478 e. The molecule has 0 aliphatic rings. The fourth-order valence-electron chi connectivity index (χ4n) is 1.85. The van der Waals surface area contributed by atoms with Crippen LogP contribution in [0.25, 0.3) is 0 Å². The summed E-state index contributed by atoms with van der Waals surface area (Å²) >= 11 is 0. The number of anilines is 1. The Morgan fingerprint density at radius 1 is 1.19 bits per heavy atom. The van der Waals surface area contributed by atoms with Gasteiger partial charge in [0.1, 0.15) is 0 Å². The van der Waals surface area contributed by atoms with Crippen molar-refractivity contribution in [2.45, 2.75) is 13.5 Å². The molecule has 1 aromatic carbocycles. The normalized spacial score (nSPS) is 9.95. The topological polar surface area (TPSA) is 91.3 Å². The van der Waals surface area contributed by atoms with Gasteiger partial charge in [0.15, 0.2) is 0 Å². The van der Waals surface area contributed by atoms with Crippen molar-refractivity contribution in [3.05, 3.63) is 59.4 Å². The number of carboxylic acids is 1. The molecular weight excluding hydrogens is 270 g/mol. The Kier molecular flexibility index (Phi) is 4.50. The third-order valence-corrected chi connectivity index (χ3v) is 3.01. The van der Waals surface area contributed by atoms with Gasteiger partial charge in [0.25, 0.3) is 0 Å². The van der Waals surface area contributed by atoms with Crippen LogP contribution in [-0.2, 0) is 6.54 Å². The average molecular weight is 285 g/mol. The second-order valence-electron chi connectivity index (χ2n) is 4.45. The van der Waals surface area contributed by atoms with Crippen LogP contribution in [0.2, 0.25) is 0 Å². The average Bonchev–Trinajstić information content (AvgIpc) is 2.48. The van der Waals surface area contributed by atoms with E-state index in [4.69, 9.17) is 5.11 Å². The Balaban J connectivity index is 2.00. The summed E-state index contributed by atoms with van der Waals surface area (Å²) in [6, 6.07) is 7.96. The molecule has 0 fully saturated rings. The van der Waals surface area contributed by atoms with Crippen molar-refractivity contribution >= 4 is 17.7 Å². The summed E-state index contributed by atoms with van der Waals surface area (Å²) in [6.45, 7) is 2.02. The maximum atomic E-state index is 11.8. The fraction of sp³-hybridized carbons (Fsp3) is 0.133. The van der Waals surface area contributed by atoms with Crippen LogP contribution in [0.1, 0.15) is 21.5 Å². The minimum absolute atomic E-state index is 0.168. The van der Waals surface area contributed by atoms with Gasteiger partial charge in [-0.3, -0.25) is 4.98 Å². The van der Waals surface area contributed by atoms with Crippen molar-refractivity contribution in [3.63, 3.8) is 0 Å². The Labute approximate surface area is 121 Å². The number of pyridine rings is 1. The second kappa shape index (κ2) is 6.51. The minimum atomic E-state index is -1.02. The van der Waals surface area contributed by atoms with E-state index in [1.165, 1.54) is 6.07 Å². The molecule has 6 nitrogen and oxygen atoms in total. The monoisotopic (exact) mass is 285 g/mol. The number of aromatic carboxylic acids is 1. The number of hydrogen-bond acceptors (Lipinski definition) is 3. The first-order valence-electron chi connectivity index (χ1n) is 6.34. The lowest BCUT2D eigenvalue weighted by Gasteiger charge is -2.11. The molecule has 108 valence electrons. The zero-order valence-corrected chi connectivity index (χ0v) is 11.5. The third kappa shape index (κ3) is 3.79. The van der Waals surface area contributed by atoms with E-state index in [0.29, 0.717) is 17.8 Å². The Hall–Kier alpha value is -2.89. The van der Waals surface area contributed by atoms with Crippen molar-refractivity contribution < 1.29 is 14.7 Å². The predicted octanol–water partition coefficient (Wildman–Crippen LogP) is 2.41. The van der Waals surface area contributed by atoms with Crippen LogP contribution < -0.4 is 10.6 Å². The van der Waals surface area contributed by atoms with Gasteiger partial charge in [-0.15, -0.1) is 0 Å². The molecule has 2 aromatic rings. The van der Waals surface area contributed by atoms with Crippen LogP contribution in [0, 0.1) is 6.92 Å². The van der Waals surface area contributed by atoms with Gasteiger partial charge in [-0.25, -0.2) is 9.59 Å². The number of carboxylic acid groups (broad SMARTS) is 1. The number of aromatic nitrogens is 1. The molecule has 1 aromatic heterocycles. The quantitative estimate of drug-likeness (QED) is 0.804. The number of urea groups is 1.